The van der Waals surface area contributed by atoms with E-state index in [2.05, 4.69) is 205 Å². The van der Waals surface area contributed by atoms with Crippen LogP contribution in [-0.2, 0) is 26.3 Å². The van der Waals surface area contributed by atoms with Crippen molar-refractivity contribution in [2.45, 2.75) is 50.9 Å². The SMILES string of the molecule is C=C1C=CC=C2C=Cc3ccc(N(c4ccccc4)c4ccc5c(c4)c4cc(C(CC6=CC=CCC6)Cc6ccc7c8c9c(ccc68)C=CCC9=CC7)ccc4n5C)c(c3C2)C=C1. The van der Waals surface area contributed by atoms with Crippen molar-refractivity contribution < 1.29 is 0 Å². The lowest BCUT2D eigenvalue weighted by molar-refractivity contribution is 0.658. The molecule has 0 saturated heterocycles. The van der Waals surface area contributed by atoms with Gasteiger partial charge in [0.15, 0.2) is 0 Å². The Morgan fingerprint density at radius 3 is 2.44 bits per heavy atom. The molecule has 0 radical (unpaired) electrons. The molecule has 304 valence electrons. The summed E-state index contributed by atoms with van der Waals surface area (Å²) in [7, 11) is 2.22. The molecule has 2 bridgehead atoms. The van der Waals surface area contributed by atoms with E-state index in [1.807, 2.05) is 0 Å². The van der Waals surface area contributed by atoms with Crippen LogP contribution in [0.3, 0.4) is 0 Å². The van der Waals surface area contributed by atoms with Crippen molar-refractivity contribution in [3.05, 3.63) is 232 Å². The van der Waals surface area contributed by atoms with Crippen molar-refractivity contribution in [1.29, 1.82) is 0 Å². The van der Waals surface area contributed by atoms with E-state index in [0.29, 0.717) is 5.92 Å². The molecular weight excluding hydrogens is 761 g/mol. The van der Waals surface area contributed by atoms with Gasteiger partial charge in [-0.1, -0.05) is 146 Å². The quantitative estimate of drug-likeness (QED) is 0.148. The number of hydrogen-bond acceptors (Lipinski definition) is 1. The summed E-state index contributed by atoms with van der Waals surface area (Å²) in [4.78, 5) is 2.46. The maximum atomic E-state index is 4.35. The summed E-state index contributed by atoms with van der Waals surface area (Å²) < 4.78 is 2.38. The summed E-state index contributed by atoms with van der Waals surface area (Å²) in [6.45, 7) is 4.35. The van der Waals surface area contributed by atoms with Crippen molar-refractivity contribution in [2.75, 3.05) is 4.90 Å². The number of hydrogen-bond donors (Lipinski definition) is 0. The van der Waals surface area contributed by atoms with Gasteiger partial charge in [-0.15, -0.1) is 0 Å². The number of allylic oxidation sites excluding steroid dienone is 14. The topological polar surface area (TPSA) is 8.17 Å². The van der Waals surface area contributed by atoms with Crippen molar-refractivity contribution >= 4 is 73.4 Å². The minimum absolute atomic E-state index is 0.337. The normalized spacial score (nSPS) is 16.4. The Morgan fingerprint density at radius 2 is 1.56 bits per heavy atom. The average Bonchev–Trinajstić information content (AvgIpc) is 3.60. The van der Waals surface area contributed by atoms with E-state index >= 15 is 0 Å². The molecular formula is C61H50N2. The fourth-order valence-electron chi connectivity index (χ4n) is 11.1. The molecule has 0 amide bonds. The Morgan fingerprint density at radius 1 is 0.683 bits per heavy atom. The molecule has 1 heterocycles. The zero-order chi connectivity index (χ0) is 42.0. The van der Waals surface area contributed by atoms with Gasteiger partial charge in [0.1, 0.15) is 0 Å². The highest BCUT2D eigenvalue weighted by Gasteiger charge is 2.25. The molecule has 6 aromatic carbocycles. The summed E-state index contributed by atoms with van der Waals surface area (Å²) in [5.41, 5.74) is 22.3. The van der Waals surface area contributed by atoms with Crippen LogP contribution in [0.25, 0.3) is 56.4 Å². The Bertz CT molecular complexity index is 3330. The standard InChI is InChI=1S/C61H50N2/c1-40-11-9-14-42-20-21-43-27-33-59(53(30-19-40)54(43)36-42)63(50-17-7-4-8-18-50)51-29-34-58-56(39-51)55-38-47(28-32-57(55)62(58)2)49(35-41-12-5-3-6-13-41)37-48-25-24-46-23-22-44-15-10-16-45-26-31-52(48)61(46)60(44)45/h3-5,7-12,14,16-22,24-34,38-39,49H,1,6,13,15,23,35-37H2,2H3. The van der Waals surface area contributed by atoms with E-state index in [1.165, 1.54) is 88.2 Å². The molecule has 0 saturated carbocycles. The zero-order valence-electron chi connectivity index (χ0n) is 35.9. The summed E-state index contributed by atoms with van der Waals surface area (Å²) in [6.07, 6.45) is 36.7. The maximum absolute atomic E-state index is 4.35. The average molecular weight is 811 g/mol. The van der Waals surface area contributed by atoms with E-state index in [-0.39, 0.29) is 0 Å². The molecule has 1 aromatic heterocycles. The van der Waals surface area contributed by atoms with Gasteiger partial charge in [0.25, 0.3) is 0 Å². The molecule has 0 aliphatic heterocycles. The van der Waals surface area contributed by atoms with Gasteiger partial charge < -0.3 is 9.47 Å². The summed E-state index contributed by atoms with van der Waals surface area (Å²) in [5.74, 6) is 0.337. The van der Waals surface area contributed by atoms with Crippen LogP contribution in [0.4, 0.5) is 17.1 Å². The minimum Gasteiger partial charge on any atom is -0.344 e. The smallest absolute Gasteiger partial charge is 0.0537 e. The van der Waals surface area contributed by atoms with Crippen LogP contribution in [0.2, 0.25) is 0 Å². The van der Waals surface area contributed by atoms with Gasteiger partial charge >= 0.3 is 0 Å². The van der Waals surface area contributed by atoms with Crippen LogP contribution in [-0.4, -0.2) is 4.57 Å². The van der Waals surface area contributed by atoms with Crippen LogP contribution in [0.1, 0.15) is 76.1 Å². The lowest BCUT2D eigenvalue weighted by atomic mass is 9.78. The van der Waals surface area contributed by atoms with Crippen molar-refractivity contribution in [3.63, 3.8) is 0 Å². The van der Waals surface area contributed by atoms with Crippen LogP contribution in [0.15, 0.2) is 187 Å². The Hall–Kier alpha value is -7.16. The first-order valence-corrected chi connectivity index (χ1v) is 22.8. The first kappa shape index (κ1) is 37.6. The molecule has 0 N–H and O–H groups in total. The first-order valence-electron chi connectivity index (χ1n) is 22.8. The third-order valence-electron chi connectivity index (χ3n) is 14.3. The number of aromatic nitrogens is 1. The fraction of sp³-hybridized carbons (Fsp3) is 0.148. The second-order valence-corrected chi connectivity index (χ2v) is 18.1. The maximum Gasteiger partial charge on any atom is 0.0537 e. The van der Waals surface area contributed by atoms with Gasteiger partial charge in [0.2, 0.25) is 0 Å². The number of para-hydroxylation sites is 1. The second-order valence-electron chi connectivity index (χ2n) is 18.1. The number of nitrogens with zero attached hydrogens (tertiary/aromatic N) is 2. The predicted molar refractivity (Wildman–Crippen MR) is 270 cm³/mol. The summed E-state index contributed by atoms with van der Waals surface area (Å²) in [6, 6.07) is 39.6. The third-order valence-corrected chi connectivity index (χ3v) is 14.3. The number of rotatable bonds is 8. The molecule has 12 rings (SSSR count). The lowest BCUT2D eigenvalue weighted by Gasteiger charge is -2.30. The number of aryl methyl sites for hydroxylation is 1. The highest BCUT2D eigenvalue weighted by molar-refractivity contribution is 6.10. The molecule has 2 heteroatoms. The van der Waals surface area contributed by atoms with E-state index < -0.39 is 0 Å². The molecule has 63 heavy (non-hydrogen) atoms. The highest BCUT2D eigenvalue weighted by Crippen LogP contribution is 2.46. The van der Waals surface area contributed by atoms with E-state index in [0.717, 1.165) is 67.6 Å². The van der Waals surface area contributed by atoms with Crippen LogP contribution in [0.5, 0.6) is 0 Å². The Kier molecular flexibility index (Phi) is 9.15. The highest BCUT2D eigenvalue weighted by atomic mass is 15.1. The number of fused-ring (bicyclic) bond motifs is 4. The minimum atomic E-state index is 0.337. The van der Waals surface area contributed by atoms with Crippen molar-refractivity contribution in [1.82, 2.24) is 4.57 Å². The third kappa shape index (κ3) is 6.55. The zero-order valence-corrected chi connectivity index (χ0v) is 35.9. The molecule has 1 unspecified atom stereocenters. The van der Waals surface area contributed by atoms with Crippen LogP contribution < -0.4 is 4.90 Å². The van der Waals surface area contributed by atoms with E-state index in [4.69, 9.17) is 0 Å². The molecule has 7 aromatic rings. The molecule has 1 atom stereocenters. The predicted octanol–water partition coefficient (Wildman–Crippen LogP) is 15.9. The van der Waals surface area contributed by atoms with Gasteiger partial charge in [-0.05, 0) is 166 Å². The van der Waals surface area contributed by atoms with Gasteiger partial charge in [0.05, 0.1) is 5.69 Å². The van der Waals surface area contributed by atoms with Crippen LogP contribution >= 0.6 is 0 Å². The lowest BCUT2D eigenvalue weighted by Crippen LogP contribution is -2.13. The number of benzene rings is 6. The van der Waals surface area contributed by atoms with Gasteiger partial charge in [-0.3, -0.25) is 0 Å². The van der Waals surface area contributed by atoms with Gasteiger partial charge in [-0.25, -0.2) is 0 Å². The molecule has 0 spiro atoms. The molecule has 2 nitrogen and oxygen atoms in total. The van der Waals surface area contributed by atoms with Gasteiger partial charge in [0, 0.05) is 45.8 Å². The Balaban J connectivity index is 1.00. The summed E-state index contributed by atoms with van der Waals surface area (Å²) >= 11 is 0. The van der Waals surface area contributed by atoms with E-state index in [9.17, 15) is 0 Å². The largest absolute Gasteiger partial charge is 0.344 e. The number of anilines is 3. The van der Waals surface area contributed by atoms with E-state index in [1.54, 1.807) is 5.57 Å². The van der Waals surface area contributed by atoms with Crippen LogP contribution in [0, 0.1) is 0 Å². The molecule has 5 aliphatic carbocycles. The fourth-order valence-corrected chi connectivity index (χ4v) is 11.1. The Labute approximate surface area is 370 Å². The van der Waals surface area contributed by atoms with Gasteiger partial charge in [-0.2, -0.15) is 0 Å². The molecule has 0 fully saturated rings. The monoisotopic (exact) mass is 810 g/mol. The van der Waals surface area contributed by atoms with Crippen molar-refractivity contribution in [2.24, 2.45) is 7.05 Å². The van der Waals surface area contributed by atoms with Crippen molar-refractivity contribution in [3.8, 4) is 0 Å². The second kappa shape index (κ2) is 15.3. The first-order chi connectivity index (χ1) is 31.0. The summed E-state index contributed by atoms with van der Waals surface area (Å²) in [5, 5.41) is 5.51. The molecule has 5 aliphatic rings.